The number of hydrogen-bond acceptors (Lipinski definition) is 3. The van der Waals surface area contributed by atoms with Crippen molar-refractivity contribution < 1.29 is 27.8 Å². The average molecular weight is 311 g/mol. The largest absolute Gasteiger partial charge is 0.484 e. The number of pyridine rings is 1. The molecule has 0 aliphatic heterocycles. The van der Waals surface area contributed by atoms with Crippen LogP contribution in [0.4, 0.5) is 13.2 Å². The van der Waals surface area contributed by atoms with E-state index in [4.69, 9.17) is 9.84 Å². The summed E-state index contributed by atoms with van der Waals surface area (Å²) in [5.74, 6) is -0.724. The van der Waals surface area contributed by atoms with Crippen LogP contribution in [0.15, 0.2) is 48.7 Å². The van der Waals surface area contributed by atoms with Crippen molar-refractivity contribution in [1.82, 2.24) is 4.98 Å². The fourth-order valence-corrected chi connectivity index (χ4v) is 1.79. The summed E-state index contributed by atoms with van der Waals surface area (Å²) in [6.45, 7) is 0. The minimum atomic E-state index is -4.49. The molecule has 1 aromatic heterocycles. The molecule has 0 amide bonds. The second-order valence-corrected chi connectivity index (χ2v) is 4.49. The highest BCUT2D eigenvalue weighted by atomic mass is 19.4. The number of para-hydroxylation sites is 1. The third-order valence-corrected chi connectivity index (χ3v) is 2.83. The van der Waals surface area contributed by atoms with Crippen LogP contribution >= 0.6 is 0 Å². The van der Waals surface area contributed by atoms with Gasteiger partial charge in [-0.15, -0.1) is 0 Å². The number of aromatic nitrogens is 1. The molecule has 0 aliphatic carbocycles. The minimum Gasteiger partial charge on any atom is -0.484 e. The van der Waals surface area contributed by atoms with E-state index >= 15 is 0 Å². The quantitative estimate of drug-likeness (QED) is 0.915. The Bertz CT molecular complexity index is 627. The summed E-state index contributed by atoms with van der Waals surface area (Å²) in [5, 5.41) is 8.92. The molecule has 1 atom stereocenters. The average Bonchev–Trinajstić information content (AvgIpc) is 2.46. The Morgan fingerprint density at radius 2 is 1.86 bits per heavy atom. The minimum absolute atomic E-state index is 0.124. The first kappa shape index (κ1) is 15.8. The number of alkyl halides is 3. The summed E-state index contributed by atoms with van der Waals surface area (Å²) < 4.78 is 43.0. The molecule has 7 heteroatoms. The lowest BCUT2D eigenvalue weighted by Crippen LogP contribution is -2.15. The summed E-state index contributed by atoms with van der Waals surface area (Å²) in [5.41, 5.74) is -0.774. The van der Waals surface area contributed by atoms with Crippen molar-refractivity contribution in [2.75, 3.05) is 0 Å². The zero-order valence-electron chi connectivity index (χ0n) is 11.2. The number of carboxylic acids is 1. The number of nitrogens with zero attached hydrogens (tertiary/aromatic N) is 1. The number of carbonyl (C=O) groups is 1. The van der Waals surface area contributed by atoms with Crippen LogP contribution in [0.3, 0.4) is 0 Å². The van der Waals surface area contributed by atoms with E-state index in [0.717, 1.165) is 12.1 Å². The molecule has 0 saturated heterocycles. The lowest BCUT2D eigenvalue weighted by atomic mass is 10.1. The van der Waals surface area contributed by atoms with Crippen LogP contribution in [-0.4, -0.2) is 16.1 Å². The van der Waals surface area contributed by atoms with Crippen molar-refractivity contribution in [3.8, 4) is 5.75 Å². The van der Waals surface area contributed by atoms with E-state index < -0.39 is 30.2 Å². The second kappa shape index (κ2) is 6.46. The third-order valence-electron chi connectivity index (χ3n) is 2.83. The molecule has 2 rings (SSSR count). The topological polar surface area (TPSA) is 59.4 Å². The number of aliphatic carboxylic acids is 1. The fraction of sp³-hybridized carbons (Fsp3) is 0.200. The number of hydrogen-bond donors (Lipinski definition) is 1. The Labute approximate surface area is 124 Å². The number of carboxylic acid groups (broad SMARTS) is 1. The molecular weight excluding hydrogens is 299 g/mol. The van der Waals surface area contributed by atoms with Crippen LogP contribution in [0.1, 0.15) is 23.8 Å². The Morgan fingerprint density at radius 1 is 1.18 bits per heavy atom. The van der Waals surface area contributed by atoms with E-state index in [-0.39, 0.29) is 5.69 Å². The van der Waals surface area contributed by atoms with Crippen LogP contribution in [0.2, 0.25) is 0 Å². The summed E-state index contributed by atoms with van der Waals surface area (Å²) in [6, 6.07) is 10.4. The normalized spacial score (nSPS) is 12.7. The van der Waals surface area contributed by atoms with Gasteiger partial charge in [0.15, 0.2) is 6.10 Å². The molecule has 22 heavy (non-hydrogen) atoms. The summed E-state index contributed by atoms with van der Waals surface area (Å²) in [6.07, 6.45) is -5.21. The zero-order chi connectivity index (χ0) is 16.2. The highest BCUT2D eigenvalue weighted by molar-refractivity contribution is 5.67. The van der Waals surface area contributed by atoms with E-state index in [0.29, 0.717) is 11.9 Å². The predicted octanol–water partition coefficient (Wildman–Crippen LogP) is 3.70. The van der Waals surface area contributed by atoms with Gasteiger partial charge in [-0.2, -0.15) is 13.2 Å². The first-order valence-electron chi connectivity index (χ1n) is 6.33. The molecular formula is C15H12F3NO3. The van der Waals surface area contributed by atoms with Crippen molar-refractivity contribution in [2.24, 2.45) is 0 Å². The Kier molecular flexibility index (Phi) is 4.65. The van der Waals surface area contributed by atoms with Crippen molar-refractivity contribution in [3.63, 3.8) is 0 Å². The van der Waals surface area contributed by atoms with E-state index in [2.05, 4.69) is 4.98 Å². The fourth-order valence-electron chi connectivity index (χ4n) is 1.79. The standard InChI is InChI=1S/C15H12F3NO3/c16-15(17,18)10-6-7-12(19-9-10)13(8-14(20)21)22-11-4-2-1-3-5-11/h1-7,9,13H,8H2,(H,20,21). The smallest absolute Gasteiger partial charge is 0.417 e. The monoisotopic (exact) mass is 311 g/mol. The molecule has 0 spiro atoms. The first-order chi connectivity index (χ1) is 10.4. The molecule has 1 N–H and O–H groups in total. The number of rotatable bonds is 5. The van der Waals surface area contributed by atoms with Gasteiger partial charge in [-0.25, -0.2) is 0 Å². The molecule has 4 nitrogen and oxygen atoms in total. The maximum atomic E-state index is 12.5. The Balaban J connectivity index is 2.23. The van der Waals surface area contributed by atoms with Gasteiger partial charge in [0.05, 0.1) is 17.7 Å². The van der Waals surface area contributed by atoms with Crippen LogP contribution in [-0.2, 0) is 11.0 Å². The van der Waals surface area contributed by atoms with Crippen molar-refractivity contribution >= 4 is 5.97 Å². The molecule has 1 unspecified atom stereocenters. The lowest BCUT2D eigenvalue weighted by Gasteiger charge is -2.17. The Hall–Kier alpha value is -2.57. The van der Waals surface area contributed by atoms with Gasteiger partial charge in [-0.1, -0.05) is 18.2 Å². The van der Waals surface area contributed by atoms with Gasteiger partial charge in [0.2, 0.25) is 0 Å². The Morgan fingerprint density at radius 3 is 2.36 bits per heavy atom. The molecule has 0 aliphatic rings. The van der Waals surface area contributed by atoms with Gasteiger partial charge in [0, 0.05) is 6.20 Å². The van der Waals surface area contributed by atoms with Gasteiger partial charge in [-0.05, 0) is 24.3 Å². The van der Waals surface area contributed by atoms with Crippen LogP contribution in [0, 0.1) is 0 Å². The van der Waals surface area contributed by atoms with Crippen molar-refractivity contribution in [1.29, 1.82) is 0 Å². The summed E-state index contributed by atoms with van der Waals surface area (Å²) >= 11 is 0. The zero-order valence-corrected chi connectivity index (χ0v) is 11.2. The SMILES string of the molecule is O=C(O)CC(Oc1ccccc1)c1ccc(C(F)(F)F)cn1. The highest BCUT2D eigenvalue weighted by Crippen LogP contribution is 2.30. The molecule has 0 bridgehead atoms. The van der Waals surface area contributed by atoms with E-state index in [1.807, 2.05) is 0 Å². The molecule has 116 valence electrons. The highest BCUT2D eigenvalue weighted by Gasteiger charge is 2.31. The lowest BCUT2D eigenvalue weighted by molar-refractivity contribution is -0.139. The maximum absolute atomic E-state index is 12.5. The number of ether oxygens (including phenoxy) is 1. The van der Waals surface area contributed by atoms with Crippen LogP contribution in [0.5, 0.6) is 5.75 Å². The molecule has 0 saturated carbocycles. The second-order valence-electron chi connectivity index (χ2n) is 4.49. The molecule has 1 heterocycles. The number of halogens is 3. The third kappa shape index (κ3) is 4.21. The van der Waals surface area contributed by atoms with Gasteiger partial charge in [-0.3, -0.25) is 9.78 Å². The molecule has 2 aromatic rings. The van der Waals surface area contributed by atoms with Gasteiger partial charge < -0.3 is 9.84 Å². The number of benzene rings is 1. The van der Waals surface area contributed by atoms with E-state index in [1.54, 1.807) is 30.3 Å². The van der Waals surface area contributed by atoms with Crippen molar-refractivity contribution in [2.45, 2.75) is 18.7 Å². The maximum Gasteiger partial charge on any atom is 0.417 e. The molecule has 0 radical (unpaired) electrons. The van der Waals surface area contributed by atoms with E-state index in [1.165, 1.54) is 0 Å². The van der Waals surface area contributed by atoms with Gasteiger partial charge in [0.25, 0.3) is 0 Å². The van der Waals surface area contributed by atoms with Gasteiger partial charge >= 0.3 is 12.1 Å². The summed E-state index contributed by atoms with van der Waals surface area (Å²) in [7, 11) is 0. The first-order valence-corrected chi connectivity index (χ1v) is 6.33. The van der Waals surface area contributed by atoms with Crippen LogP contribution < -0.4 is 4.74 Å². The molecule has 1 aromatic carbocycles. The predicted molar refractivity (Wildman–Crippen MR) is 71.3 cm³/mol. The van der Waals surface area contributed by atoms with Crippen LogP contribution in [0.25, 0.3) is 0 Å². The van der Waals surface area contributed by atoms with Gasteiger partial charge in [0.1, 0.15) is 5.75 Å². The summed E-state index contributed by atoms with van der Waals surface area (Å²) in [4.78, 5) is 14.6. The molecule has 0 fully saturated rings. The van der Waals surface area contributed by atoms with Crippen molar-refractivity contribution in [3.05, 3.63) is 59.9 Å². The van der Waals surface area contributed by atoms with E-state index in [9.17, 15) is 18.0 Å².